The number of nitrogens with one attached hydrogen (secondary N) is 1. The van der Waals surface area contributed by atoms with Gasteiger partial charge in [-0.1, -0.05) is 0 Å². The molecule has 0 aromatic rings. The third kappa shape index (κ3) is 2.17. The molecule has 0 radical (unpaired) electrons. The molecule has 0 heterocycles. The first-order chi connectivity index (χ1) is 7.31. The number of rotatable bonds is 1. The van der Waals surface area contributed by atoms with Crippen LogP contribution in [0.1, 0.15) is 46.5 Å². The number of fused-ring (bicyclic) bond motifs is 2. The minimum Gasteiger partial charge on any atom is -0.444 e. The van der Waals surface area contributed by atoms with Crippen molar-refractivity contribution >= 4 is 6.09 Å². The molecule has 0 saturated heterocycles. The Morgan fingerprint density at radius 2 is 2.19 bits per heavy atom. The van der Waals surface area contributed by atoms with Gasteiger partial charge in [-0.15, -0.1) is 0 Å². The van der Waals surface area contributed by atoms with Crippen LogP contribution in [0.4, 0.5) is 4.79 Å². The van der Waals surface area contributed by atoms with Crippen molar-refractivity contribution in [3.8, 4) is 0 Å². The van der Waals surface area contributed by atoms with Crippen LogP contribution in [0.5, 0.6) is 0 Å². The molecule has 2 fully saturated rings. The molecule has 0 spiro atoms. The van der Waals surface area contributed by atoms with Crippen molar-refractivity contribution in [1.29, 1.82) is 0 Å². The summed E-state index contributed by atoms with van der Waals surface area (Å²) in [7, 11) is 0. The standard InChI is InChI=1S/C12H21NO3/c1-11(2,3)16-10(15)13-12-5-4-8(7-12)6-9(12)14/h8-9,14H,4-7H2,1-3H3,(H,13,15)/t8-,9+,12+/m1/s1. The molecular formula is C12H21NO3. The number of carbonyl (C=O) groups is 1. The van der Waals surface area contributed by atoms with Crippen LogP contribution in [0.25, 0.3) is 0 Å². The lowest BCUT2D eigenvalue weighted by molar-refractivity contribution is 0.0265. The van der Waals surface area contributed by atoms with Crippen LogP contribution in [0.15, 0.2) is 0 Å². The van der Waals surface area contributed by atoms with Crippen molar-refractivity contribution in [2.45, 2.75) is 63.7 Å². The fraction of sp³-hybridized carbons (Fsp3) is 0.917. The van der Waals surface area contributed by atoms with E-state index >= 15 is 0 Å². The van der Waals surface area contributed by atoms with Crippen molar-refractivity contribution in [2.24, 2.45) is 5.92 Å². The van der Waals surface area contributed by atoms with Gasteiger partial charge < -0.3 is 15.2 Å². The SMILES string of the molecule is CC(C)(C)OC(=O)N[C@]12CC[C@H](C[C@@H]1O)C2. The van der Waals surface area contributed by atoms with Gasteiger partial charge in [-0.2, -0.15) is 0 Å². The topological polar surface area (TPSA) is 58.6 Å². The summed E-state index contributed by atoms with van der Waals surface area (Å²) in [5.74, 6) is 0.574. The Labute approximate surface area is 96.4 Å². The van der Waals surface area contributed by atoms with Gasteiger partial charge in [-0.3, -0.25) is 0 Å². The lowest BCUT2D eigenvalue weighted by atomic mass is 9.91. The van der Waals surface area contributed by atoms with E-state index in [1.54, 1.807) is 0 Å². The number of hydrogen-bond donors (Lipinski definition) is 2. The quantitative estimate of drug-likeness (QED) is 0.718. The van der Waals surface area contributed by atoms with Gasteiger partial charge in [-0.05, 0) is 52.4 Å². The van der Waals surface area contributed by atoms with Crippen molar-refractivity contribution in [2.75, 3.05) is 0 Å². The predicted octanol–water partition coefficient (Wildman–Crippen LogP) is 1.81. The van der Waals surface area contributed by atoms with Crippen molar-refractivity contribution < 1.29 is 14.6 Å². The highest BCUT2D eigenvalue weighted by Crippen LogP contribution is 2.47. The van der Waals surface area contributed by atoms with Gasteiger partial charge >= 0.3 is 6.09 Å². The van der Waals surface area contributed by atoms with E-state index in [4.69, 9.17) is 4.74 Å². The highest BCUT2D eigenvalue weighted by Gasteiger charge is 2.52. The molecule has 1 amide bonds. The molecule has 2 saturated carbocycles. The molecule has 2 rings (SSSR count). The molecule has 2 N–H and O–H groups in total. The molecule has 92 valence electrons. The number of amides is 1. The van der Waals surface area contributed by atoms with Gasteiger partial charge in [0.2, 0.25) is 0 Å². The molecule has 2 aliphatic rings. The van der Waals surface area contributed by atoms with Gasteiger partial charge in [0.25, 0.3) is 0 Å². The van der Waals surface area contributed by atoms with Crippen LogP contribution >= 0.6 is 0 Å². The summed E-state index contributed by atoms with van der Waals surface area (Å²) in [4.78, 5) is 11.7. The lowest BCUT2D eigenvalue weighted by Crippen LogP contribution is -2.54. The van der Waals surface area contributed by atoms with Crippen molar-refractivity contribution in [3.05, 3.63) is 0 Å². The van der Waals surface area contributed by atoms with Crippen LogP contribution < -0.4 is 5.32 Å². The summed E-state index contributed by atoms with van der Waals surface area (Å²) >= 11 is 0. The normalized spacial score (nSPS) is 37.5. The second-order valence-electron chi connectivity index (χ2n) is 6.14. The van der Waals surface area contributed by atoms with Gasteiger partial charge in [0.05, 0.1) is 11.6 Å². The minimum absolute atomic E-state index is 0.404. The van der Waals surface area contributed by atoms with Crippen LogP contribution in [-0.2, 0) is 4.74 Å². The Morgan fingerprint density at radius 1 is 1.50 bits per heavy atom. The van der Waals surface area contributed by atoms with Crippen molar-refractivity contribution in [1.82, 2.24) is 5.32 Å². The Bertz CT molecular complexity index is 297. The van der Waals surface area contributed by atoms with Crippen LogP contribution in [0.3, 0.4) is 0 Å². The first-order valence-corrected chi connectivity index (χ1v) is 6.00. The average Bonchev–Trinajstić information content (AvgIpc) is 2.56. The monoisotopic (exact) mass is 227 g/mol. The molecule has 4 heteroatoms. The summed E-state index contributed by atoms with van der Waals surface area (Å²) in [5.41, 5.74) is -0.894. The second-order valence-corrected chi connectivity index (χ2v) is 6.14. The Kier molecular flexibility index (Phi) is 2.65. The first-order valence-electron chi connectivity index (χ1n) is 6.00. The predicted molar refractivity (Wildman–Crippen MR) is 60.1 cm³/mol. The molecule has 3 atom stereocenters. The highest BCUT2D eigenvalue weighted by molar-refractivity contribution is 5.69. The Morgan fingerprint density at radius 3 is 2.62 bits per heavy atom. The Balaban J connectivity index is 1.96. The summed E-state index contributed by atoms with van der Waals surface area (Å²) in [5, 5.41) is 12.8. The average molecular weight is 227 g/mol. The highest BCUT2D eigenvalue weighted by atomic mass is 16.6. The number of aliphatic hydroxyl groups is 1. The smallest absolute Gasteiger partial charge is 0.408 e. The molecule has 0 aliphatic heterocycles. The zero-order chi connectivity index (χ0) is 12.0. The molecule has 2 aliphatic carbocycles. The summed E-state index contributed by atoms with van der Waals surface area (Å²) < 4.78 is 5.23. The minimum atomic E-state index is -0.484. The van der Waals surface area contributed by atoms with Crippen LogP contribution in [0, 0.1) is 5.92 Å². The first kappa shape index (κ1) is 11.7. The largest absolute Gasteiger partial charge is 0.444 e. The second kappa shape index (κ2) is 3.62. The fourth-order valence-corrected chi connectivity index (χ4v) is 2.93. The maximum atomic E-state index is 11.7. The Hall–Kier alpha value is -0.770. The number of alkyl carbamates (subject to hydrolysis) is 1. The number of carbonyl (C=O) groups excluding carboxylic acids is 1. The third-order valence-electron chi connectivity index (χ3n) is 3.60. The zero-order valence-electron chi connectivity index (χ0n) is 10.2. The summed E-state index contributed by atoms with van der Waals surface area (Å²) in [6, 6.07) is 0. The van der Waals surface area contributed by atoms with Gasteiger partial charge in [0.15, 0.2) is 0 Å². The maximum Gasteiger partial charge on any atom is 0.408 e. The van der Waals surface area contributed by atoms with Gasteiger partial charge in [-0.25, -0.2) is 4.79 Å². The number of hydrogen-bond acceptors (Lipinski definition) is 3. The van der Waals surface area contributed by atoms with E-state index in [1.165, 1.54) is 0 Å². The van der Waals surface area contributed by atoms with E-state index in [-0.39, 0.29) is 0 Å². The van der Waals surface area contributed by atoms with Gasteiger partial charge in [0, 0.05) is 0 Å². The molecule has 4 nitrogen and oxygen atoms in total. The summed E-state index contributed by atoms with van der Waals surface area (Å²) in [6.07, 6.45) is 2.88. The number of ether oxygens (including phenoxy) is 1. The molecular weight excluding hydrogens is 206 g/mol. The third-order valence-corrected chi connectivity index (χ3v) is 3.60. The molecule has 2 bridgehead atoms. The number of aliphatic hydroxyl groups excluding tert-OH is 1. The van der Waals surface area contributed by atoms with Gasteiger partial charge in [0.1, 0.15) is 5.60 Å². The van der Waals surface area contributed by atoms with E-state index in [2.05, 4.69) is 5.32 Å². The van der Waals surface area contributed by atoms with Crippen molar-refractivity contribution in [3.63, 3.8) is 0 Å². The van der Waals surface area contributed by atoms with E-state index < -0.39 is 23.3 Å². The molecule has 16 heavy (non-hydrogen) atoms. The van der Waals surface area contributed by atoms with E-state index in [1.807, 2.05) is 20.8 Å². The van der Waals surface area contributed by atoms with E-state index in [0.29, 0.717) is 5.92 Å². The molecule has 0 unspecified atom stereocenters. The van der Waals surface area contributed by atoms with Crippen LogP contribution in [0.2, 0.25) is 0 Å². The molecule has 0 aromatic heterocycles. The zero-order valence-corrected chi connectivity index (χ0v) is 10.2. The van der Waals surface area contributed by atoms with Crippen LogP contribution in [-0.4, -0.2) is 28.4 Å². The molecule has 0 aromatic carbocycles. The summed E-state index contributed by atoms with van der Waals surface area (Å²) in [6.45, 7) is 5.52. The van der Waals surface area contributed by atoms with E-state index in [0.717, 1.165) is 25.7 Å². The fourth-order valence-electron chi connectivity index (χ4n) is 2.93. The van der Waals surface area contributed by atoms with E-state index in [9.17, 15) is 9.90 Å². The lowest BCUT2D eigenvalue weighted by Gasteiger charge is -2.33. The maximum absolute atomic E-state index is 11.7.